The van der Waals surface area contributed by atoms with Gasteiger partial charge >= 0.3 is 0 Å². The summed E-state index contributed by atoms with van der Waals surface area (Å²) in [7, 11) is 0. The SMILES string of the molecule is Cc1nc2sc([C@H](c3ccc(F)cc3)N3CCC[C@@H](C)C3)c(O)n2n1. The number of aromatic nitrogens is 3. The molecule has 4 rings (SSSR count). The number of aromatic hydroxyl groups is 1. The van der Waals surface area contributed by atoms with Crippen LogP contribution in [0.25, 0.3) is 4.96 Å². The molecule has 5 nitrogen and oxygen atoms in total. The first-order valence-corrected chi connectivity index (χ1v) is 9.39. The lowest BCUT2D eigenvalue weighted by Crippen LogP contribution is -2.37. The van der Waals surface area contributed by atoms with Gasteiger partial charge in [0.25, 0.3) is 0 Å². The third-order valence-electron chi connectivity index (χ3n) is 4.79. The maximum atomic E-state index is 13.4. The Labute approximate surface area is 149 Å². The van der Waals surface area contributed by atoms with Crippen molar-refractivity contribution in [3.63, 3.8) is 0 Å². The minimum absolute atomic E-state index is 0.114. The van der Waals surface area contributed by atoms with E-state index < -0.39 is 0 Å². The molecule has 132 valence electrons. The summed E-state index contributed by atoms with van der Waals surface area (Å²) in [6, 6.07) is 6.46. The summed E-state index contributed by atoms with van der Waals surface area (Å²) in [6.07, 6.45) is 2.34. The summed E-state index contributed by atoms with van der Waals surface area (Å²) < 4.78 is 14.9. The molecule has 2 atom stereocenters. The molecule has 0 unspecified atom stereocenters. The van der Waals surface area contributed by atoms with Crippen LogP contribution in [-0.2, 0) is 0 Å². The highest BCUT2D eigenvalue weighted by Gasteiger charge is 2.31. The number of aryl methyl sites for hydroxylation is 1. The molecule has 1 aliphatic heterocycles. The second-order valence-electron chi connectivity index (χ2n) is 6.84. The maximum absolute atomic E-state index is 13.4. The molecule has 25 heavy (non-hydrogen) atoms. The lowest BCUT2D eigenvalue weighted by molar-refractivity contribution is 0.149. The quantitative estimate of drug-likeness (QED) is 0.773. The molecule has 3 heterocycles. The van der Waals surface area contributed by atoms with E-state index in [1.165, 1.54) is 34.4 Å². The van der Waals surface area contributed by atoms with Gasteiger partial charge in [-0.1, -0.05) is 30.4 Å². The Kier molecular flexibility index (Phi) is 4.21. The highest BCUT2D eigenvalue weighted by atomic mass is 32.1. The molecule has 0 radical (unpaired) electrons. The van der Waals surface area contributed by atoms with Crippen molar-refractivity contribution >= 4 is 16.3 Å². The van der Waals surface area contributed by atoms with Crippen LogP contribution >= 0.6 is 11.3 Å². The van der Waals surface area contributed by atoms with Crippen molar-refractivity contribution in [1.82, 2.24) is 19.5 Å². The second kappa shape index (κ2) is 6.38. The third-order valence-corrected chi connectivity index (χ3v) is 5.87. The molecule has 0 bridgehead atoms. The van der Waals surface area contributed by atoms with Crippen LogP contribution < -0.4 is 0 Å². The molecule has 1 aliphatic rings. The number of halogens is 1. The molecular formula is C18H21FN4OS. The fraction of sp³-hybridized carbons (Fsp3) is 0.444. The highest BCUT2D eigenvalue weighted by molar-refractivity contribution is 7.17. The minimum atomic E-state index is -0.253. The van der Waals surface area contributed by atoms with Crippen LogP contribution in [0.15, 0.2) is 24.3 Å². The predicted molar refractivity (Wildman–Crippen MR) is 95.5 cm³/mol. The zero-order chi connectivity index (χ0) is 17.6. The molecule has 0 saturated carbocycles. The van der Waals surface area contributed by atoms with Crippen molar-refractivity contribution in [2.45, 2.75) is 32.7 Å². The molecule has 3 aromatic rings. The van der Waals surface area contributed by atoms with E-state index in [1.807, 2.05) is 6.92 Å². The van der Waals surface area contributed by atoms with Gasteiger partial charge in [0.15, 0.2) is 0 Å². The van der Waals surface area contributed by atoms with Crippen LogP contribution in [0.1, 0.15) is 42.1 Å². The first-order valence-electron chi connectivity index (χ1n) is 8.57. The minimum Gasteiger partial charge on any atom is -0.492 e. The van der Waals surface area contributed by atoms with E-state index in [0.717, 1.165) is 30.0 Å². The van der Waals surface area contributed by atoms with E-state index in [9.17, 15) is 9.50 Å². The molecule has 7 heteroatoms. The largest absolute Gasteiger partial charge is 0.492 e. The normalized spacial score (nSPS) is 20.2. The van der Waals surface area contributed by atoms with Crippen LogP contribution in [0.5, 0.6) is 5.88 Å². The molecule has 2 aromatic heterocycles. The zero-order valence-electron chi connectivity index (χ0n) is 14.3. The van der Waals surface area contributed by atoms with Gasteiger partial charge < -0.3 is 5.11 Å². The number of benzene rings is 1. The van der Waals surface area contributed by atoms with Gasteiger partial charge in [-0.25, -0.2) is 9.37 Å². The van der Waals surface area contributed by atoms with Gasteiger partial charge in [-0.15, -0.1) is 5.10 Å². The maximum Gasteiger partial charge on any atom is 0.230 e. The van der Waals surface area contributed by atoms with Crippen LogP contribution in [0.2, 0.25) is 0 Å². The summed E-state index contributed by atoms with van der Waals surface area (Å²) in [4.78, 5) is 8.25. The molecular weight excluding hydrogens is 339 g/mol. The van der Waals surface area contributed by atoms with E-state index >= 15 is 0 Å². The van der Waals surface area contributed by atoms with E-state index in [2.05, 4.69) is 21.9 Å². The summed E-state index contributed by atoms with van der Waals surface area (Å²) in [6.45, 7) is 5.97. The number of likely N-dealkylation sites (tertiary alicyclic amines) is 1. The van der Waals surface area contributed by atoms with Gasteiger partial charge in [-0.2, -0.15) is 4.52 Å². The smallest absolute Gasteiger partial charge is 0.230 e. The first kappa shape index (κ1) is 16.5. The molecule has 1 aromatic carbocycles. The Morgan fingerprint density at radius 2 is 2.08 bits per heavy atom. The molecule has 0 aliphatic carbocycles. The summed E-state index contributed by atoms with van der Waals surface area (Å²) in [5.41, 5.74) is 0.979. The van der Waals surface area contributed by atoms with Gasteiger partial charge in [-0.05, 0) is 49.9 Å². The van der Waals surface area contributed by atoms with Gasteiger partial charge in [0, 0.05) is 6.54 Å². The summed E-state index contributed by atoms with van der Waals surface area (Å²) in [5, 5.41) is 15.0. The predicted octanol–water partition coefficient (Wildman–Crippen LogP) is 3.77. The number of fused-ring (bicyclic) bond motifs is 1. The van der Waals surface area contributed by atoms with Crippen molar-refractivity contribution in [2.24, 2.45) is 5.92 Å². The topological polar surface area (TPSA) is 53.7 Å². The van der Waals surface area contributed by atoms with Gasteiger partial charge in [0.1, 0.15) is 11.6 Å². The molecule has 0 spiro atoms. The van der Waals surface area contributed by atoms with Crippen LogP contribution in [0.4, 0.5) is 4.39 Å². The van der Waals surface area contributed by atoms with Gasteiger partial charge in [-0.3, -0.25) is 4.90 Å². The van der Waals surface area contributed by atoms with Crippen molar-refractivity contribution in [3.05, 3.63) is 46.3 Å². The number of piperidine rings is 1. The van der Waals surface area contributed by atoms with Crippen molar-refractivity contribution in [2.75, 3.05) is 13.1 Å². The summed E-state index contributed by atoms with van der Waals surface area (Å²) >= 11 is 1.45. The number of thiazole rings is 1. The Bertz CT molecular complexity index is 889. The zero-order valence-corrected chi connectivity index (χ0v) is 15.1. The Morgan fingerprint density at radius 3 is 2.76 bits per heavy atom. The fourth-order valence-electron chi connectivity index (χ4n) is 3.66. The van der Waals surface area contributed by atoms with E-state index in [-0.39, 0.29) is 17.7 Å². The van der Waals surface area contributed by atoms with Crippen LogP contribution in [-0.4, -0.2) is 37.7 Å². The van der Waals surface area contributed by atoms with E-state index in [1.54, 1.807) is 12.1 Å². The summed E-state index contributed by atoms with van der Waals surface area (Å²) in [5.74, 6) is 1.12. The van der Waals surface area contributed by atoms with Crippen LogP contribution in [0, 0.1) is 18.7 Å². The van der Waals surface area contributed by atoms with E-state index in [4.69, 9.17) is 0 Å². The average Bonchev–Trinajstić information content (AvgIpc) is 3.08. The Hall–Kier alpha value is -1.99. The fourth-order valence-corrected chi connectivity index (χ4v) is 4.82. The number of nitrogens with zero attached hydrogens (tertiary/aromatic N) is 4. The number of hydrogen-bond donors (Lipinski definition) is 1. The van der Waals surface area contributed by atoms with E-state index in [0.29, 0.717) is 16.7 Å². The average molecular weight is 360 g/mol. The number of rotatable bonds is 3. The highest BCUT2D eigenvalue weighted by Crippen LogP contribution is 2.41. The lowest BCUT2D eigenvalue weighted by Gasteiger charge is -2.37. The lowest BCUT2D eigenvalue weighted by atomic mass is 9.95. The van der Waals surface area contributed by atoms with Gasteiger partial charge in [0.2, 0.25) is 10.8 Å². The van der Waals surface area contributed by atoms with Crippen molar-refractivity contribution < 1.29 is 9.50 Å². The Balaban J connectivity index is 1.81. The van der Waals surface area contributed by atoms with Crippen LogP contribution in [0.3, 0.4) is 0 Å². The van der Waals surface area contributed by atoms with Crippen molar-refractivity contribution in [3.8, 4) is 5.88 Å². The molecule has 1 N–H and O–H groups in total. The second-order valence-corrected chi connectivity index (χ2v) is 7.85. The molecule has 1 saturated heterocycles. The molecule has 0 amide bonds. The monoisotopic (exact) mass is 360 g/mol. The Morgan fingerprint density at radius 1 is 1.32 bits per heavy atom. The third kappa shape index (κ3) is 3.02. The van der Waals surface area contributed by atoms with Crippen molar-refractivity contribution in [1.29, 1.82) is 0 Å². The van der Waals surface area contributed by atoms with Gasteiger partial charge in [0.05, 0.1) is 10.9 Å². The number of hydrogen-bond acceptors (Lipinski definition) is 5. The first-order chi connectivity index (χ1) is 12.0. The molecule has 1 fully saturated rings. The standard InChI is InChI=1S/C18H21FN4OS/c1-11-4-3-9-22(10-11)15(13-5-7-14(19)8-6-13)16-17(24)23-18(25-16)20-12(2)21-23/h5-8,11,15,24H,3-4,9-10H2,1-2H3/t11-,15+/m1/s1.